The van der Waals surface area contributed by atoms with Gasteiger partial charge in [-0.1, -0.05) is 18.2 Å². The molecule has 17 heavy (non-hydrogen) atoms. The highest BCUT2D eigenvalue weighted by Crippen LogP contribution is 2.27. The molecule has 0 saturated carbocycles. The number of benzene rings is 1. The highest BCUT2D eigenvalue weighted by atomic mass is 16.5. The quantitative estimate of drug-likeness (QED) is 0.597. The van der Waals surface area contributed by atoms with Gasteiger partial charge in [0.2, 0.25) is 0 Å². The summed E-state index contributed by atoms with van der Waals surface area (Å²) in [6, 6.07) is 8.27. The van der Waals surface area contributed by atoms with Crippen molar-refractivity contribution in [3.05, 3.63) is 29.8 Å². The number of hydrogen-bond donors (Lipinski definition) is 1. The molecular weight excluding hydrogens is 210 g/mol. The fraction of sp³-hybridized carbons (Fsp3) is 0.467. The molecule has 1 aromatic carbocycles. The topological polar surface area (TPSA) is 21.3 Å². The van der Waals surface area contributed by atoms with Crippen molar-refractivity contribution in [2.75, 3.05) is 13.1 Å². The molecule has 1 atom stereocenters. The Labute approximate surface area is 103 Å². The SMILES string of the molecule is C#CCCCCNCC1Cc2ccccc2O1. The highest BCUT2D eigenvalue weighted by molar-refractivity contribution is 5.37. The Morgan fingerprint density at radius 2 is 2.24 bits per heavy atom. The summed E-state index contributed by atoms with van der Waals surface area (Å²) in [4.78, 5) is 0. The van der Waals surface area contributed by atoms with Gasteiger partial charge in [-0.15, -0.1) is 12.3 Å². The average Bonchev–Trinajstić information content (AvgIpc) is 2.76. The number of hydrogen-bond acceptors (Lipinski definition) is 2. The molecule has 0 fully saturated rings. The molecule has 1 heterocycles. The van der Waals surface area contributed by atoms with Crippen molar-refractivity contribution < 1.29 is 4.74 Å². The normalized spacial score (nSPS) is 17.2. The minimum absolute atomic E-state index is 0.292. The summed E-state index contributed by atoms with van der Waals surface area (Å²) in [7, 11) is 0. The van der Waals surface area contributed by atoms with Gasteiger partial charge in [0.15, 0.2) is 0 Å². The van der Waals surface area contributed by atoms with Crippen LogP contribution in [-0.2, 0) is 6.42 Å². The van der Waals surface area contributed by atoms with Crippen LogP contribution in [0.2, 0.25) is 0 Å². The Hall–Kier alpha value is -1.46. The van der Waals surface area contributed by atoms with Crippen LogP contribution in [0.25, 0.3) is 0 Å². The molecule has 0 aromatic heterocycles. The maximum atomic E-state index is 5.84. The number of unbranched alkanes of at least 4 members (excludes halogenated alkanes) is 2. The Kier molecular flexibility index (Phi) is 4.46. The molecule has 1 N–H and O–H groups in total. The first kappa shape index (κ1) is 12.0. The number of ether oxygens (including phenoxy) is 1. The van der Waals surface area contributed by atoms with E-state index in [4.69, 9.17) is 11.2 Å². The third-order valence-electron chi connectivity index (χ3n) is 3.01. The Morgan fingerprint density at radius 3 is 3.06 bits per heavy atom. The van der Waals surface area contributed by atoms with E-state index < -0.39 is 0 Å². The molecule has 0 aliphatic carbocycles. The second-order valence-corrected chi connectivity index (χ2v) is 4.42. The number of fused-ring (bicyclic) bond motifs is 1. The van der Waals surface area contributed by atoms with Crippen LogP contribution < -0.4 is 10.1 Å². The standard InChI is InChI=1S/C15H19NO/c1-2-3-4-7-10-16-12-14-11-13-8-5-6-9-15(13)17-14/h1,5-6,8-9,14,16H,3-4,7,10-12H2. The fourth-order valence-electron chi connectivity index (χ4n) is 2.11. The molecule has 0 spiro atoms. The highest BCUT2D eigenvalue weighted by Gasteiger charge is 2.21. The van der Waals surface area contributed by atoms with Gasteiger partial charge in [0.05, 0.1) is 0 Å². The lowest BCUT2D eigenvalue weighted by atomic mass is 10.1. The third kappa shape index (κ3) is 3.51. The van der Waals surface area contributed by atoms with Crippen molar-refractivity contribution in [2.24, 2.45) is 0 Å². The maximum absolute atomic E-state index is 5.84. The van der Waals surface area contributed by atoms with Crippen LogP contribution in [0.15, 0.2) is 24.3 Å². The molecule has 90 valence electrons. The molecule has 2 heteroatoms. The molecule has 0 radical (unpaired) electrons. The van der Waals surface area contributed by atoms with E-state index >= 15 is 0 Å². The predicted octanol–water partition coefficient (Wildman–Crippen LogP) is 2.38. The second kappa shape index (κ2) is 6.32. The van der Waals surface area contributed by atoms with E-state index in [9.17, 15) is 0 Å². The minimum atomic E-state index is 0.292. The molecule has 1 aromatic rings. The molecule has 1 aliphatic rings. The molecule has 0 bridgehead atoms. The van der Waals surface area contributed by atoms with Gasteiger partial charge in [-0.25, -0.2) is 0 Å². The Balaban J connectivity index is 1.62. The van der Waals surface area contributed by atoms with Crippen LogP contribution in [0, 0.1) is 12.3 Å². The Morgan fingerprint density at radius 1 is 1.35 bits per heavy atom. The summed E-state index contributed by atoms with van der Waals surface area (Å²) < 4.78 is 5.84. The zero-order chi connectivity index (χ0) is 11.9. The smallest absolute Gasteiger partial charge is 0.123 e. The summed E-state index contributed by atoms with van der Waals surface area (Å²) in [5, 5.41) is 3.43. The summed E-state index contributed by atoms with van der Waals surface area (Å²) in [5.41, 5.74) is 1.33. The van der Waals surface area contributed by atoms with Crippen LogP contribution >= 0.6 is 0 Å². The van der Waals surface area contributed by atoms with Crippen molar-refractivity contribution >= 4 is 0 Å². The van der Waals surface area contributed by atoms with Crippen LogP contribution in [-0.4, -0.2) is 19.2 Å². The zero-order valence-corrected chi connectivity index (χ0v) is 10.1. The van der Waals surface area contributed by atoms with Gasteiger partial charge < -0.3 is 10.1 Å². The summed E-state index contributed by atoms with van der Waals surface area (Å²) in [6.07, 6.45) is 9.65. The monoisotopic (exact) mass is 229 g/mol. The van der Waals surface area contributed by atoms with Crippen LogP contribution in [0.5, 0.6) is 5.75 Å². The number of nitrogens with one attached hydrogen (secondary N) is 1. The van der Waals surface area contributed by atoms with Crippen molar-refractivity contribution in [2.45, 2.75) is 31.8 Å². The number of rotatable bonds is 6. The van der Waals surface area contributed by atoms with E-state index in [-0.39, 0.29) is 0 Å². The van der Waals surface area contributed by atoms with E-state index in [1.807, 2.05) is 12.1 Å². The van der Waals surface area contributed by atoms with Crippen molar-refractivity contribution in [1.29, 1.82) is 0 Å². The van der Waals surface area contributed by atoms with Gasteiger partial charge in [-0.2, -0.15) is 0 Å². The van der Waals surface area contributed by atoms with Crippen molar-refractivity contribution in [3.63, 3.8) is 0 Å². The van der Waals surface area contributed by atoms with E-state index in [2.05, 4.69) is 23.4 Å². The lowest BCUT2D eigenvalue weighted by Gasteiger charge is -2.11. The molecule has 0 saturated heterocycles. The van der Waals surface area contributed by atoms with Gasteiger partial charge in [-0.3, -0.25) is 0 Å². The van der Waals surface area contributed by atoms with E-state index in [0.29, 0.717) is 6.10 Å². The summed E-state index contributed by atoms with van der Waals surface area (Å²) in [6.45, 7) is 1.95. The van der Waals surface area contributed by atoms with Crippen LogP contribution in [0.4, 0.5) is 0 Å². The van der Waals surface area contributed by atoms with Crippen LogP contribution in [0.1, 0.15) is 24.8 Å². The lowest BCUT2D eigenvalue weighted by molar-refractivity contribution is 0.227. The van der Waals surface area contributed by atoms with E-state index in [1.165, 1.54) is 5.56 Å². The molecule has 0 amide bonds. The predicted molar refractivity (Wildman–Crippen MR) is 70.1 cm³/mol. The summed E-state index contributed by atoms with van der Waals surface area (Å²) in [5.74, 6) is 3.71. The lowest BCUT2D eigenvalue weighted by Crippen LogP contribution is -2.30. The first-order valence-corrected chi connectivity index (χ1v) is 6.29. The molecule has 2 nitrogen and oxygen atoms in total. The Bertz CT molecular complexity index is 369. The third-order valence-corrected chi connectivity index (χ3v) is 3.01. The number of terminal acetylenes is 1. The first-order valence-electron chi connectivity index (χ1n) is 6.29. The molecule has 2 rings (SSSR count). The fourth-order valence-corrected chi connectivity index (χ4v) is 2.11. The van der Waals surface area contributed by atoms with Gasteiger partial charge in [0.1, 0.15) is 11.9 Å². The molecule has 1 unspecified atom stereocenters. The van der Waals surface area contributed by atoms with Gasteiger partial charge in [0.25, 0.3) is 0 Å². The van der Waals surface area contributed by atoms with E-state index in [1.54, 1.807) is 0 Å². The van der Waals surface area contributed by atoms with Crippen molar-refractivity contribution in [3.8, 4) is 18.1 Å². The zero-order valence-electron chi connectivity index (χ0n) is 10.1. The maximum Gasteiger partial charge on any atom is 0.123 e. The molecular formula is C15H19NO. The van der Waals surface area contributed by atoms with Crippen molar-refractivity contribution in [1.82, 2.24) is 5.32 Å². The number of para-hydroxylation sites is 1. The first-order chi connectivity index (χ1) is 8.40. The van der Waals surface area contributed by atoms with E-state index in [0.717, 1.165) is 44.5 Å². The van der Waals surface area contributed by atoms with Gasteiger partial charge in [-0.05, 0) is 31.0 Å². The average molecular weight is 229 g/mol. The largest absolute Gasteiger partial charge is 0.488 e. The van der Waals surface area contributed by atoms with Gasteiger partial charge in [0, 0.05) is 19.4 Å². The van der Waals surface area contributed by atoms with Crippen LogP contribution in [0.3, 0.4) is 0 Å². The minimum Gasteiger partial charge on any atom is -0.488 e. The van der Waals surface area contributed by atoms with Gasteiger partial charge >= 0.3 is 0 Å². The molecule has 1 aliphatic heterocycles. The summed E-state index contributed by atoms with van der Waals surface area (Å²) >= 11 is 0. The second-order valence-electron chi connectivity index (χ2n) is 4.42.